The average Bonchev–Trinajstić information content (AvgIpc) is 1.27. The molecule has 0 aromatic carbocycles. The van der Waals surface area contributed by atoms with Crippen molar-refractivity contribution in [1.82, 2.24) is 0 Å². The van der Waals surface area contributed by atoms with Crippen LogP contribution < -0.4 is 5.73 Å². The van der Waals surface area contributed by atoms with E-state index < -0.39 is 0 Å². The summed E-state index contributed by atoms with van der Waals surface area (Å²) in [6.45, 7) is 1.46. The molecular formula is C4H8N2O. The minimum atomic E-state index is -0.125. The SMILES string of the molecule is CC(O)=CC(=N)N. The van der Waals surface area contributed by atoms with E-state index >= 15 is 0 Å². The molecule has 0 aromatic rings. The van der Waals surface area contributed by atoms with Crippen molar-refractivity contribution in [2.24, 2.45) is 5.73 Å². The Kier molecular flexibility index (Phi) is 1.91. The molecule has 0 heterocycles. The maximum absolute atomic E-state index is 8.36. The predicted molar refractivity (Wildman–Crippen MR) is 28.3 cm³/mol. The highest BCUT2D eigenvalue weighted by atomic mass is 16.3. The molecule has 0 bridgehead atoms. The van der Waals surface area contributed by atoms with E-state index in [1.165, 1.54) is 13.0 Å². The summed E-state index contributed by atoms with van der Waals surface area (Å²) >= 11 is 0. The van der Waals surface area contributed by atoms with Gasteiger partial charge in [-0.2, -0.15) is 0 Å². The number of aliphatic hydroxyl groups is 1. The van der Waals surface area contributed by atoms with Gasteiger partial charge in [0, 0.05) is 6.08 Å². The predicted octanol–water partition coefficient (Wildman–Crippen LogP) is 0.384. The highest BCUT2D eigenvalue weighted by molar-refractivity contribution is 5.88. The zero-order valence-electron chi connectivity index (χ0n) is 4.10. The minimum absolute atomic E-state index is 0.0625. The van der Waals surface area contributed by atoms with Crippen LogP contribution in [0.4, 0.5) is 0 Å². The largest absolute Gasteiger partial charge is 0.512 e. The van der Waals surface area contributed by atoms with Crippen molar-refractivity contribution in [3.05, 3.63) is 11.8 Å². The number of nitrogens with two attached hydrogens (primary N) is 1. The fraction of sp³-hybridized carbons (Fsp3) is 0.250. The van der Waals surface area contributed by atoms with E-state index in [2.05, 4.69) is 0 Å². The van der Waals surface area contributed by atoms with Crippen LogP contribution >= 0.6 is 0 Å². The molecule has 4 N–H and O–H groups in total. The van der Waals surface area contributed by atoms with Crippen molar-refractivity contribution in [3.63, 3.8) is 0 Å². The van der Waals surface area contributed by atoms with Gasteiger partial charge in [-0.25, -0.2) is 0 Å². The normalized spacial score (nSPS) is 11.3. The van der Waals surface area contributed by atoms with Gasteiger partial charge in [-0.15, -0.1) is 0 Å². The molecule has 0 aliphatic carbocycles. The van der Waals surface area contributed by atoms with Gasteiger partial charge >= 0.3 is 0 Å². The number of hydrogen-bond acceptors (Lipinski definition) is 2. The van der Waals surface area contributed by atoms with Crippen molar-refractivity contribution in [2.75, 3.05) is 0 Å². The Morgan fingerprint density at radius 3 is 2.29 bits per heavy atom. The lowest BCUT2D eigenvalue weighted by atomic mass is 10.5. The molecule has 0 aliphatic heterocycles. The van der Waals surface area contributed by atoms with Gasteiger partial charge in [-0.05, 0) is 6.92 Å². The summed E-state index contributed by atoms with van der Waals surface area (Å²) < 4.78 is 0. The van der Waals surface area contributed by atoms with Crippen LogP contribution in [0.15, 0.2) is 11.8 Å². The summed E-state index contributed by atoms with van der Waals surface area (Å²) in [6.07, 6.45) is 1.17. The summed E-state index contributed by atoms with van der Waals surface area (Å²) in [5.74, 6) is -0.0625. The van der Waals surface area contributed by atoms with Crippen molar-refractivity contribution < 1.29 is 5.11 Å². The molecule has 0 atom stereocenters. The van der Waals surface area contributed by atoms with Crippen molar-refractivity contribution in [3.8, 4) is 0 Å². The number of aliphatic hydroxyl groups excluding tert-OH is 1. The molecule has 0 saturated heterocycles. The third-order valence-electron chi connectivity index (χ3n) is 0.364. The highest BCUT2D eigenvalue weighted by Gasteiger charge is 1.78. The summed E-state index contributed by atoms with van der Waals surface area (Å²) in [4.78, 5) is 0. The number of rotatable bonds is 1. The second-order valence-corrected chi connectivity index (χ2v) is 1.24. The molecule has 0 rings (SSSR count). The first kappa shape index (κ1) is 6.01. The van der Waals surface area contributed by atoms with Gasteiger partial charge in [-0.1, -0.05) is 0 Å². The Morgan fingerprint density at radius 1 is 1.86 bits per heavy atom. The van der Waals surface area contributed by atoms with Gasteiger partial charge in [-0.3, -0.25) is 5.41 Å². The zero-order valence-corrected chi connectivity index (χ0v) is 4.10. The summed E-state index contributed by atoms with van der Waals surface area (Å²) in [7, 11) is 0. The molecule has 0 fully saturated rings. The molecule has 3 nitrogen and oxygen atoms in total. The topological polar surface area (TPSA) is 70.1 Å². The van der Waals surface area contributed by atoms with Crippen molar-refractivity contribution in [2.45, 2.75) is 6.92 Å². The van der Waals surface area contributed by atoms with E-state index in [0.717, 1.165) is 0 Å². The van der Waals surface area contributed by atoms with Gasteiger partial charge in [0.05, 0.1) is 5.76 Å². The average molecular weight is 100 g/mol. The van der Waals surface area contributed by atoms with Crippen molar-refractivity contribution >= 4 is 5.84 Å². The monoisotopic (exact) mass is 100 g/mol. The van der Waals surface area contributed by atoms with Crippen LogP contribution in [0.25, 0.3) is 0 Å². The van der Waals surface area contributed by atoms with Gasteiger partial charge < -0.3 is 10.8 Å². The van der Waals surface area contributed by atoms with Gasteiger partial charge in [0.15, 0.2) is 0 Å². The summed E-state index contributed by atoms with van der Waals surface area (Å²) in [5.41, 5.74) is 4.84. The smallest absolute Gasteiger partial charge is 0.118 e. The first-order valence-electron chi connectivity index (χ1n) is 1.84. The fourth-order valence-electron chi connectivity index (χ4n) is 0.225. The van der Waals surface area contributed by atoms with Crippen LogP contribution in [0.3, 0.4) is 0 Å². The van der Waals surface area contributed by atoms with Crippen LogP contribution in [0.2, 0.25) is 0 Å². The minimum Gasteiger partial charge on any atom is -0.512 e. The number of amidine groups is 1. The maximum atomic E-state index is 8.36. The molecule has 7 heavy (non-hydrogen) atoms. The second kappa shape index (κ2) is 2.23. The third kappa shape index (κ3) is 5.01. The van der Waals surface area contributed by atoms with Crippen LogP contribution in [-0.2, 0) is 0 Å². The lowest BCUT2D eigenvalue weighted by Gasteiger charge is -1.84. The van der Waals surface area contributed by atoms with E-state index in [1.54, 1.807) is 0 Å². The maximum Gasteiger partial charge on any atom is 0.118 e. The highest BCUT2D eigenvalue weighted by Crippen LogP contribution is 1.79. The quantitative estimate of drug-likeness (QED) is 0.253. The van der Waals surface area contributed by atoms with Crippen molar-refractivity contribution in [1.29, 1.82) is 5.41 Å². The summed E-state index contributed by atoms with van der Waals surface area (Å²) in [5, 5.41) is 14.9. The first-order chi connectivity index (χ1) is 3.13. The Morgan fingerprint density at radius 2 is 2.29 bits per heavy atom. The van der Waals surface area contributed by atoms with Crippen LogP contribution in [0, 0.1) is 5.41 Å². The lowest BCUT2D eigenvalue weighted by Crippen LogP contribution is -2.05. The molecule has 3 heteroatoms. The van der Waals surface area contributed by atoms with Crippen LogP contribution in [0.1, 0.15) is 6.92 Å². The number of allylic oxidation sites excluding steroid dienone is 1. The Balaban J connectivity index is 3.68. The lowest BCUT2D eigenvalue weighted by molar-refractivity contribution is 0.415. The summed E-state index contributed by atoms with van der Waals surface area (Å²) in [6, 6.07) is 0. The standard InChI is InChI=1S/C4H8N2O/c1-3(7)2-4(5)6/h2,7H,1H3,(H3,5,6). The Labute approximate surface area is 42.0 Å². The molecule has 40 valence electrons. The molecule has 0 aromatic heterocycles. The number of hydrogen-bond donors (Lipinski definition) is 3. The molecule has 0 aliphatic rings. The molecular weight excluding hydrogens is 92.1 g/mol. The Bertz CT molecular complexity index is 102. The second-order valence-electron chi connectivity index (χ2n) is 1.24. The van der Waals surface area contributed by atoms with Gasteiger partial charge in [0.1, 0.15) is 5.84 Å². The van der Waals surface area contributed by atoms with E-state index in [1.807, 2.05) is 0 Å². The van der Waals surface area contributed by atoms with E-state index in [9.17, 15) is 0 Å². The first-order valence-corrected chi connectivity index (χ1v) is 1.84. The van der Waals surface area contributed by atoms with Crippen LogP contribution in [0.5, 0.6) is 0 Å². The zero-order chi connectivity index (χ0) is 5.86. The van der Waals surface area contributed by atoms with Gasteiger partial charge in [0.25, 0.3) is 0 Å². The van der Waals surface area contributed by atoms with E-state index in [4.69, 9.17) is 16.2 Å². The van der Waals surface area contributed by atoms with Crippen LogP contribution in [-0.4, -0.2) is 10.9 Å². The van der Waals surface area contributed by atoms with E-state index in [-0.39, 0.29) is 11.6 Å². The van der Waals surface area contributed by atoms with E-state index in [0.29, 0.717) is 0 Å². The molecule has 0 radical (unpaired) electrons. The third-order valence-corrected chi connectivity index (χ3v) is 0.364. The Hall–Kier alpha value is -0.990. The molecule has 0 saturated carbocycles. The fourth-order valence-corrected chi connectivity index (χ4v) is 0.225. The van der Waals surface area contributed by atoms with Gasteiger partial charge in [0.2, 0.25) is 0 Å². The molecule has 0 unspecified atom stereocenters. The number of nitrogens with one attached hydrogen (secondary N) is 1. The molecule has 0 spiro atoms. The molecule has 0 amide bonds.